The van der Waals surface area contributed by atoms with Gasteiger partial charge in [0.15, 0.2) is 0 Å². The van der Waals surface area contributed by atoms with Gasteiger partial charge >= 0.3 is 11.9 Å². The molecule has 3 fully saturated rings. The van der Waals surface area contributed by atoms with Crippen LogP contribution in [0.1, 0.15) is 146 Å². The lowest BCUT2D eigenvalue weighted by molar-refractivity contribution is -0.146. The fraction of sp³-hybridized carbons (Fsp3) is 0.707. The van der Waals surface area contributed by atoms with E-state index in [0.717, 1.165) is 43.4 Å². The van der Waals surface area contributed by atoms with Crippen LogP contribution < -0.4 is 0 Å². The molecule has 5 nitrogen and oxygen atoms in total. The van der Waals surface area contributed by atoms with Gasteiger partial charge < -0.3 is 14.6 Å². The number of rotatable bonds is 15. The molecule has 3 aliphatic rings. The molecule has 0 radical (unpaired) electrons. The van der Waals surface area contributed by atoms with Gasteiger partial charge in [0.2, 0.25) is 0 Å². The smallest absolute Gasteiger partial charge is 0.336 e. The minimum absolute atomic E-state index is 0.0355. The number of hydrogen-bond acceptors (Lipinski definition) is 5. The summed E-state index contributed by atoms with van der Waals surface area (Å²) < 4.78 is 11.0. The first-order valence-electron chi connectivity index (χ1n) is 18.6. The molecule has 3 saturated carbocycles. The van der Waals surface area contributed by atoms with Crippen LogP contribution in [0.5, 0.6) is 0 Å². The van der Waals surface area contributed by atoms with Crippen molar-refractivity contribution in [2.24, 2.45) is 29.6 Å². The van der Waals surface area contributed by atoms with Gasteiger partial charge in [0.1, 0.15) is 0 Å². The first-order chi connectivity index (χ1) is 22.2. The maximum absolute atomic E-state index is 12.3. The largest absolute Gasteiger partial charge is 0.462 e. The van der Waals surface area contributed by atoms with Gasteiger partial charge in [-0.05, 0) is 125 Å². The third kappa shape index (κ3) is 10.6. The Balaban J connectivity index is 1.23. The van der Waals surface area contributed by atoms with Crippen LogP contribution in [0.2, 0.25) is 0 Å². The van der Waals surface area contributed by atoms with Crippen molar-refractivity contribution in [2.75, 3.05) is 13.2 Å². The second kappa shape index (κ2) is 18.2. The molecule has 0 heterocycles. The summed E-state index contributed by atoms with van der Waals surface area (Å²) in [5, 5.41) is 9.68. The molecular formula is C41H62O5. The van der Waals surface area contributed by atoms with Gasteiger partial charge in [0, 0.05) is 11.5 Å². The summed E-state index contributed by atoms with van der Waals surface area (Å²) in [7, 11) is 0. The van der Waals surface area contributed by atoms with E-state index in [4.69, 9.17) is 9.47 Å². The Bertz CT molecular complexity index is 1110. The summed E-state index contributed by atoms with van der Waals surface area (Å²) >= 11 is 0. The van der Waals surface area contributed by atoms with Gasteiger partial charge in [-0.3, -0.25) is 0 Å². The summed E-state index contributed by atoms with van der Waals surface area (Å²) in [5.74, 6) is 3.33. The zero-order chi connectivity index (χ0) is 33.1. The van der Waals surface area contributed by atoms with Crippen molar-refractivity contribution < 1.29 is 24.2 Å². The van der Waals surface area contributed by atoms with Crippen molar-refractivity contribution >= 4 is 11.9 Å². The number of aliphatic hydroxyl groups is 1. The second-order valence-corrected chi connectivity index (χ2v) is 15.1. The van der Waals surface area contributed by atoms with Crippen LogP contribution in [-0.2, 0) is 19.1 Å². The molecule has 46 heavy (non-hydrogen) atoms. The Morgan fingerprint density at radius 2 is 1.24 bits per heavy atom. The standard InChI is InChI=1S/C41H62O5/c1-6-7-8-9-31-10-12-32(13-11-31)33-14-16-34(17-15-33)35-18-20-36(21-19-35)37-22-24-38(25-23-37)39(26-45-40(43)28(2)3)27-46-41(44)29(4)30(5)42/h18-21,30-34,37-39,42H,2,4,6-17,22-27H2,1,3,5H3. The number of carbonyl (C=O) groups is 2. The molecule has 1 aromatic rings. The monoisotopic (exact) mass is 634 g/mol. The predicted molar refractivity (Wildman–Crippen MR) is 186 cm³/mol. The van der Waals surface area contributed by atoms with E-state index in [2.05, 4.69) is 44.3 Å². The van der Waals surface area contributed by atoms with E-state index < -0.39 is 18.0 Å². The molecule has 5 heteroatoms. The highest BCUT2D eigenvalue weighted by Gasteiger charge is 2.33. The molecule has 256 valence electrons. The average molecular weight is 635 g/mol. The molecule has 0 bridgehead atoms. The number of unbranched alkanes of at least 4 members (excludes halogenated alkanes) is 2. The summed E-state index contributed by atoms with van der Waals surface area (Å²) in [5.41, 5.74) is 3.34. The van der Waals surface area contributed by atoms with Gasteiger partial charge in [0.05, 0.1) is 24.9 Å². The van der Waals surface area contributed by atoms with E-state index in [0.29, 0.717) is 17.4 Å². The van der Waals surface area contributed by atoms with Gasteiger partial charge in [-0.1, -0.05) is 82.9 Å². The van der Waals surface area contributed by atoms with Gasteiger partial charge in [0.25, 0.3) is 0 Å². The Morgan fingerprint density at radius 3 is 1.72 bits per heavy atom. The maximum atomic E-state index is 12.3. The summed E-state index contributed by atoms with van der Waals surface area (Å²) in [6.45, 7) is 13.1. The Kier molecular flexibility index (Phi) is 14.4. The predicted octanol–water partition coefficient (Wildman–Crippen LogP) is 9.84. The van der Waals surface area contributed by atoms with Crippen molar-refractivity contribution in [1.82, 2.24) is 0 Å². The second-order valence-electron chi connectivity index (χ2n) is 15.1. The van der Waals surface area contributed by atoms with Crippen molar-refractivity contribution in [3.8, 4) is 0 Å². The van der Waals surface area contributed by atoms with Crippen LogP contribution in [0.15, 0.2) is 48.6 Å². The molecular weight excluding hydrogens is 572 g/mol. The number of ether oxygens (including phenoxy) is 2. The van der Waals surface area contributed by atoms with Gasteiger partial charge in [-0.15, -0.1) is 0 Å². The molecule has 0 aromatic heterocycles. The van der Waals surface area contributed by atoms with E-state index in [1.165, 1.54) is 95.1 Å². The fourth-order valence-electron chi connectivity index (χ4n) is 8.59. The number of benzene rings is 1. The Labute approximate surface area is 279 Å². The lowest BCUT2D eigenvalue weighted by Gasteiger charge is -2.38. The minimum Gasteiger partial charge on any atom is -0.462 e. The molecule has 1 N–H and O–H groups in total. The highest BCUT2D eigenvalue weighted by atomic mass is 16.5. The highest BCUT2D eigenvalue weighted by molar-refractivity contribution is 5.88. The minimum atomic E-state index is -0.959. The number of carbonyl (C=O) groups excluding carboxylic acids is 2. The van der Waals surface area contributed by atoms with Gasteiger partial charge in [-0.25, -0.2) is 9.59 Å². The third-order valence-electron chi connectivity index (χ3n) is 11.8. The van der Waals surface area contributed by atoms with E-state index in [1.54, 1.807) is 6.92 Å². The van der Waals surface area contributed by atoms with E-state index in [-0.39, 0.29) is 30.6 Å². The van der Waals surface area contributed by atoms with Crippen molar-refractivity contribution in [2.45, 2.75) is 141 Å². The van der Waals surface area contributed by atoms with Crippen LogP contribution in [-0.4, -0.2) is 36.4 Å². The van der Waals surface area contributed by atoms with Crippen LogP contribution in [0.3, 0.4) is 0 Å². The SMILES string of the molecule is C=C(C)C(=O)OCC(COC(=O)C(=C)C(C)O)C1CCC(c2ccc(C3CCC(C4CCC(CCCCC)CC4)CC3)cc2)CC1. The molecule has 4 rings (SSSR count). The van der Waals surface area contributed by atoms with Crippen LogP contribution in [0, 0.1) is 29.6 Å². The van der Waals surface area contributed by atoms with Crippen molar-refractivity contribution in [3.05, 3.63) is 59.7 Å². The molecule has 0 spiro atoms. The zero-order valence-electron chi connectivity index (χ0n) is 29.2. The zero-order valence-corrected chi connectivity index (χ0v) is 29.2. The lowest BCUT2D eigenvalue weighted by atomic mass is 9.68. The lowest BCUT2D eigenvalue weighted by Crippen LogP contribution is -2.31. The first kappa shape index (κ1) is 36.4. The summed E-state index contributed by atoms with van der Waals surface area (Å²) in [6, 6.07) is 9.56. The average Bonchev–Trinajstić information content (AvgIpc) is 3.08. The Morgan fingerprint density at radius 1 is 0.761 bits per heavy atom. The van der Waals surface area contributed by atoms with Crippen molar-refractivity contribution in [3.63, 3.8) is 0 Å². The highest BCUT2D eigenvalue weighted by Crippen LogP contribution is 2.45. The number of esters is 2. The van der Waals surface area contributed by atoms with Crippen molar-refractivity contribution in [1.29, 1.82) is 0 Å². The Hall–Kier alpha value is -2.40. The summed E-state index contributed by atoms with van der Waals surface area (Å²) in [6.07, 6.45) is 20.2. The van der Waals surface area contributed by atoms with Crippen LogP contribution >= 0.6 is 0 Å². The topological polar surface area (TPSA) is 72.8 Å². The molecule has 0 saturated heterocycles. The fourth-order valence-corrected chi connectivity index (χ4v) is 8.59. The maximum Gasteiger partial charge on any atom is 0.336 e. The molecule has 2 unspecified atom stereocenters. The van der Waals surface area contributed by atoms with E-state index >= 15 is 0 Å². The van der Waals surface area contributed by atoms with E-state index in [9.17, 15) is 14.7 Å². The molecule has 0 aliphatic heterocycles. The molecule has 3 aliphatic carbocycles. The number of aliphatic hydroxyl groups excluding tert-OH is 1. The number of hydrogen-bond donors (Lipinski definition) is 1. The third-order valence-corrected chi connectivity index (χ3v) is 11.8. The van der Waals surface area contributed by atoms with Crippen LogP contribution in [0.25, 0.3) is 0 Å². The normalized spacial score (nSPS) is 28.1. The van der Waals surface area contributed by atoms with Gasteiger partial charge in [-0.2, -0.15) is 0 Å². The first-order valence-corrected chi connectivity index (χ1v) is 18.6. The molecule has 1 aromatic carbocycles. The molecule has 0 amide bonds. The summed E-state index contributed by atoms with van der Waals surface area (Å²) in [4.78, 5) is 24.4. The van der Waals surface area contributed by atoms with E-state index in [1.807, 2.05) is 0 Å². The molecule has 2 atom stereocenters. The quantitative estimate of drug-likeness (QED) is 0.118. The van der Waals surface area contributed by atoms with Crippen LogP contribution in [0.4, 0.5) is 0 Å².